The number of anilines is 1. The maximum absolute atomic E-state index is 11.9. The van der Waals surface area contributed by atoms with Crippen LogP contribution in [0.5, 0.6) is 0 Å². The Labute approximate surface area is 74.2 Å². The molecule has 0 amide bonds. The standard InChI is InChI=1S/C6H5F3N2OS/c7-6(8,9)13(12)5-1-4(10)2-11-3-5/h1-3H,10H2/t13-/m0/s1. The van der Waals surface area contributed by atoms with Crippen LogP contribution in [0.15, 0.2) is 23.4 Å². The maximum Gasteiger partial charge on any atom is 0.475 e. The van der Waals surface area contributed by atoms with Gasteiger partial charge in [-0.15, -0.1) is 0 Å². The Morgan fingerprint density at radius 1 is 1.38 bits per heavy atom. The predicted molar refractivity (Wildman–Crippen MR) is 41.1 cm³/mol. The topological polar surface area (TPSA) is 56.0 Å². The number of aromatic nitrogens is 1. The molecule has 0 aromatic carbocycles. The van der Waals surface area contributed by atoms with Gasteiger partial charge >= 0.3 is 5.51 Å². The fraction of sp³-hybridized carbons (Fsp3) is 0.167. The van der Waals surface area contributed by atoms with E-state index < -0.39 is 21.2 Å². The van der Waals surface area contributed by atoms with Gasteiger partial charge in [0.05, 0.1) is 10.6 Å². The Kier molecular flexibility index (Phi) is 2.55. The Balaban J connectivity index is 3.03. The van der Waals surface area contributed by atoms with Gasteiger partial charge in [0.2, 0.25) is 0 Å². The van der Waals surface area contributed by atoms with E-state index in [4.69, 9.17) is 5.73 Å². The van der Waals surface area contributed by atoms with Crippen molar-refractivity contribution >= 4 is 16.5 Å². The van der Waals surface area contributed by atoms with Gasteiger partial charge in [0.25, 0.3) is 0 Å². The van der Waals surface area contributed by atoms with Crippen LogP contribution in [0.1, 0.15) is 0 Å². The molecule has 0 unspecified atom stereocenters. The van der Waals surface area contributed by atoms with Gasteiger partial charge in [0, 0.05) is 12.4 Å². The lowest BCUT2D eigenvalue weighted by molar-refractivity contribution is -0.0384. The molecule has 0 fully saturated rings. The van der Waals surface area contributed by atoms with E-state index in [0.717, 1.165) is 12.3 Å². The van der Waals surface area contributed by atoms with E-state index >= 15 is 0 Å². The number of nitrogen functional groups attached to an aromatic ring is 1. The van der Waals surface area contributed by atoms with Gasteiger partial charge < -0.3 is 5.73 Å². The summed E-state index contributed by atoms with van der Waals surface area (Å²) in [6.07, 6.45) is 2.05. The first-order valence-corrected chi connectivity index (χ1v) is 4.25. The van der Waals surface area contributed by atoms with Crippen LogP contribution >= 0.6 is 0 Å². The second kappa shape index (κ2) is 3.33. The molecule has 7 heteroatoms. The zero-order valence-electron chi connectivity index (χ0n) is 6.21. The monoisotopic (exact) mass is 210 g/mol. The summed E-state index contributed by atoms with van der Waals surface area (Å²) in [4.78, 5) is 2.96. The first-order valence-electron chi connectivity index (χ1n) is 3.10. The summed E-state index contributed by atoms with van der Waals surface area (Å²) in [5.41, 5.74) is 0.458. The molecule has 2 N–H and O–H groups in total. The van der Waals surface area contributed by atoms with E-state index in [2.05, 4.69) is 4.98 Å². The van der Waals surface area contributed by atoms with E-state index in [1.165, 1.54) is 6.20 Å². The molecular weight excluding hydrogens is 205 g/mol. The summed E-state index contributed by atoms with van der Waals surface area (Å²) in [6.45, 7) is 0. The minimum atomic E-state index is -4.77. The van der Waals surface area contributed by atoms with Crippen molar-refractivity contribution in [3.05, 3.63) is 18.5 Å². The van der Waals surface area contributed by atoms with Crippen molar-refractivity contribution < 1.29 is 17.4 Å². The number of rotatable bonds is 1. The Morgan fingerprint density at radius 2 is 2.00 bits per heavy atom. The van der Waals surface area contributed by atoms with Crippen LogP contribution in [-0.2, 0) is 10.8 Å². The van der Waals surface area contributed by atoms with E-state index in [1.807, 2.05) is 0 Å². The van der Waals surface area contributed by atoms with Crippen molar-refractivity contribution in [2.75, 3.05) is 5.73 Å². The zero-order chi connectivity index (χ0) is 10.1. The fourth-order valence-corrected chi connectivity index (χ4v) is 1.34. The summed E-state index contributed by atoms with van der Waals surface area (Å²) >= 11 is 0. The second-order valence-electron chi connectivity index (χ2n) is 2.17. The summed E-state index contributed by atoms with van der Waals surface area (Å²) in [5, 5.41) is 0. The van der Waals surface area contributed by atoms with Crippen LogP contribution in [0.2, 0.25) is 0 Å². The molecule has 0 aliphatic carbocycles. The number of hydrogen-bond acceptors (Lipinski definition) is 3. The van der Waals surface area contributed by atoms with Gasteiger partial charge in [-0.3, -0.25) is 4.98 Å². The first-order chi connectivity index (χ1) is 5.91. The van der Waals surface area contributed by atoms with E-state index in [1.54, 1.807) is 0 Å². The fourth-order valence-electron chi connectivity index (χ4n) is 0.671. The molecule has 0 saturated carbocycles. The third-order valence-electron chi connectivity index (χ3n) is 1.16. The number of pyridine rings is 1. The van der Waals surface area contributed by atoms with Gasteiger partial charge in [-0.2, -0.15) is 13.2 Å². The zero-order valence-corrected chi connectivity index (χ0v) is 7.02. The minimum Gasteiger partial charge on any atom is -0.397 e. The van der Waals surface area contributed by atoms with E-state index in [-0.39, 0.29) is 5.69 Å². The van der Waals surface area contributed by atoms with Gasteiger partial charge in [-0.1, -0.05) is 0 Å². The quantitative estimate of drug-likeness (QED) is 0.759. The van der Waals surface area contributed by atoms with Gasteiger partial charge in [0.15, 0.2) is 10.8 Å². The Hall–Kier alpha value is -1.11. The van der Waals surface area contributed by atoms with Crippen molar-refractivity contribution in [3.63, 3.8) is 0 Å². The van der Waals surface area contributed by atoms with Gasteiger partial charge in [0.1, 0.15) is 0 Å². The average Bonchev–Trinajstić information content (AvgIpc) is 2.01. The van der Waals surface area contributed by atoms with Crippen molar-refractivity contribution in [2.45, 2.75) is 10.4 Å². The van der Waals surface area contributed by atoms with Crippen LogP contribution in [0.4, 0.5) is 18.9 Å². The molecule has 0 aliphatic heterocycles. The van der Waals surface area contributed by atoms with Gasteiger partial charge in [-0.25, -0.2) is 4.21 Å². The average molecular weight is 210 g/mol. The van der Waals surface area contributed by atoms with Gasteiger partial charge in [-0.05, 0) is 6.07 Å². The normalized spacial score (nSPS) is 14.1. The third-order valence-corrected chi connectivity index (χ3v) is 2.23. The first kappa shape index (κ1) is 9.97. The maximum atomic E-state index is 11.9. The van der Waals surface area contributed by atoms with Crippen molar-refractivity contribution in [2.24, 2.45) is 0 Å². The van der Waals surface area contributed by atoms with Crippen molar-refractivity contribution in [1.29, 1.82) is 0 Å². The molecule has 0 saturated heterocycles. The number of alkyl halides is 3. The largest absolute Gasteiger partial charge is 0.475 e. The summed E-state index contributed by atoms with van der Waals surface area (Å²) in [7, 11) is -3.05. The smallest absolute Gasteiger partial charge is 0.397 e. The molecule has 72 valence electrons. The highest BCUT2D eigenvalue weighted by molar-refractivity contribution is 7.86. The van der Waals surface area contributed by atoms with Crippen molar-refractivity contribution in [3.8, 4) is 0 Å². The number of hydrogen-bond donors (Lipinski definition) is 1. The SMILES string of the molecule is Nc1cncc([S@](=O)C(F)(F)F)c1. The number of nitrogens with two attached hydrogens (primary N) is 1. The molecule has 13 heavy (non-hydrogen) atoms. The van der Waals surface area contributed by atoms with Crippen LogP contribution < -0.4 is 5.73 Å². The van der Waals surface area contributed by atoms with E-state index in [9.17, 15) is 17.4 Å². The molecular formula is C6H5F3N2OS. The molecule has 0 radical (unpaired) electrons. The highest BCUT2D eigenvalue weighted by atomic mass is 32.2. The molecule has 0 aliphatic rings. The lowest BCUT2D eigenvalue weighted by Gasteiger charge is -2.05. The molecule has 1 rings (SSSR count). The lowest BCUT2D eigenvalue weighted by Crippen LogP contribution is -2.16. The molecule has 1 atom stereocenters. The van der Waals surface area contributed by atoms with Crippen molar-refractivity contribution in [1.82, 2.24) is 4.98 Å². The van der Waals surface area contributed by atoms with Crippen LogP contribution in [0, 0.1) is 0 Å². The Morgan fingerprint density at radius 3 is 2.46 bits per heavy atom. The van der Waals surface area contributed by atoms with E-state index in [0.29, 0.717) is 0 Å². The summed E-state index contributed by atoms with van der Waals surface area (Å²) in [5.74, 6) is 0. The Bertz CT molecular complexity index is 339. The second-order valence-corrected chi connectivity index (χ2v) is 3.64. The number of halogens is 3. The molecule has 3 nitrogen and oxygen atoms in total. The molecule has 1 aromatic heterocycles. The summed E-state index contributed by atoms with van der Waals surface area (Å²) < 4.78 is 46.4. The molecule has 0 spiro atoms. The van der Waals surface area contributed by atoms with Crippen LogP contribution in [-0.4, -0.2) is 14.7 Å². The summed E-state index contributed by atoms with van der Waals surface area (Å²) in [6, 6.07) is 0.983. The lowest BCUT2D eigenvalue weighted by atomic mass is 10.4. The predicted octanol–water partition coefficient (Wildman–Crippen LogP) is 1.29. The third kappa shape index (κ3) is 2.41. The highest BCUT2D eigenvalue weighted by Crippen LogP contribution is 2.26. The molecule has 1 heterocycles. The highest BCUT2D eigenvalue weighted by Gasteiger charge is 2.38. The molecule has 1 aromatic rings. The van der Waals surface area contributed by atoms with Crippen LogP contribution in [0.3, 0.4) is 0 Å². The number of nitrogens with zero attached hydrogens (tertiary/aromatic N) is 1. The van der Waals surface area contributed by atoms with Crippen LogP contribution in [0.25, 0.3) is 0 Å². The minimum absolute atomic E-state index is 0.0510. The molecule has 0 bridgehead atoms.